The summed E-state index contributed by atoms with van der Waals surface area (Å²) in [6.45, 7) is 0.599. The number of fused-ring (bicyclic) bond motifs is 1. The summed E-state index contributed by atoms with van der Waals surface area (Å²) in [5.41, 5.74) is 6.98. The lowest BCUT2D eigenvalue weighted by molar-refractivity contribution is 0.0961. The molecule has 0 saturated carbocycles. The smallest absolute Gasteiger partial charge is 0.268 e. The number of hydrogen-bond acceptors (Lipinski definition) is 2. The molecule has 1 aromatic heterocycles. The molecule has 1 amide bonds. The summed E-state index contributed by atoms with van der Waals surface area (Å²) < 4.78 is 0. The third-order valence-electron chi connectivity index (χ3n) is 1.59. The van der Waals surface area contributed by atoms with Gasteiger partial charge in [-0.1, -0.05) is 0 Å². The molecule has 0 unspecified atom stereocenters. The van der Waals surface area contributed by atoms with Crippen LogP contribution >= 0.6 is 0 Å². The molecule has 0 spiro atoms. The van der Waals surface area contributed by atoms with Gasteiger partial charge in [0, 0.05) is 12.1 Å². The van der Waals surface area contributed by atoms with E-state index < -0.39 is 0 Å². The van der Waals surface area contributed by atoms with E-state index in [1.165, 1.54) is 0 Å². The van der Waals surface area contributed by atoms with Crippen molar-refractivity contribution >= 4 is 11.7 Å². The number of nitrogens with one attached hydrogen (secondary N) is 2. The van der Waals surface area contributed by atoms with Crippen molar-refractivity contribution < 1.29 is 4.79 Å². The fourth-order valence-electron chi connectivity index (χ4n) is 1.13. The molecule has 1 aromatic rings. The molecule has 0 bridgehead atoms. The number of rotatable bonds is 0. The first-order chi connectivity index (χ1) is 4.77. The Hall–Kier alpha value is -1.45. The molecule has 2 heterocycles. The minimum Gasteiger partial charge on any atom is -0.385 e. The van der Waals surface area contributed by atoms with Crippen molar-refractivity contribution in [2.75, 3.05) is 5.73 Å². The SMILES string of the molecule is Nc1cc2c([nH]1)C(=O)NC2. The van der Waals surface area contributed by atoms with E-state index >= 15 is 0 Å². The molecular weight excluding hydrogens is 130 g/mol. The molecule has 0 aliphatic carbocycles. The highest BCUT2D eigenvalue weighted by molar-refractivity contribution is 5.97. The van der Waals surface area contributed by atoms with Gasteiger partial charge in [0.25, 0.3) is 5.91 Å². The van der Waals surface area contributed by atoms with Gasteiger partial charge < -0.3 is 16.0 Å². The molecule has 0 fully saturated rings. The van der Waals surface area contributed by atoms with Crippen molar-refractivity contribution in [2.45, 2.75) is 6.54 Å². The van der Waals surface area contributed by atoms with Crippen molar-refractivity contribution in [2.24, 2.45) is 0 Å². The van der Waals surface area contributed by atoms with Crippen LogP contribution in [0.3, 0.4) is 0 Å². The number of aromatic amines is 1. The Labute approximate surface area is 57.4 Å². The van der Waals surface area contributed by atoms with Crippen LogP contribution in [0.15, 0.2) is 6.07 Å². The van der Waals surface area contributed by atoms with Gasteiger partial charge in [0.15, 0.2) is 0 Å². The zero-order valence-electron chi connectivity index (χ0n) is 5.27. The molecule has 10 heavy (non-hydrogen) atoms. The van der Waals surface area contributed by atoms with Crippen molar-refractivity contribution in [3.63, 3.8) is 0 Å². The molecule has 0 atom stereocenters. The summed E-state index contributed by atoms with van der Waals surface area (Å²) in [6, 6.07) is 1.77. The Morgan fingerprint density at radius 1 is 1.60 bits per heavy atom. The predicted molar refractivity (Wildman–Crippen MR) is 36.4 cm³/mol. The third kappa shape index (κ3) is 0.528. The number of amides is 1. The molecule has 0 saturated heterocycles. The summed E-state index contributed by atoms with van der Waals surface area (Å²) in [7, 11) is 0. The van der Waals surface area contributed by atoms with Crippen LogP contribution < -0.4 is 11.1 Å². The fourth-order valence-corrected chi connectivity index (χ4v) is 1.13. The number of anilines is 1. The van der Waals surface area contributed by atoms with Crippen molar-refractivity contribution in [3.8, 4) is 0 Å². The molecule has 0 radical (unpaired) electrons. The topological polar surface area (TPSA) is 70.9 Å². The van der Waals surface area contributed by atoms with E-state index in [2.05, 4.69) is 10.3 Å². The van der Waals surface area contributed by atoms with Gasteiger partial charge in [0.1, 0.15) is 11.5 Å². The van der Waals surface area contributed by atoms with Crippen LogP contribution in [-0.2, 0) is 6.54 Å². The van der Waals surface area contributed by atoms with Crippen LogP contribution in [0.1, 0.15) is 16.1 Å². The number of aromatic nitrogens is 1. The Kier molecular flexibility index (Phi) is 0.818. The zero-order chi connectivity index (χ0) is 7.14. The Bertz CT molecular complexity index is 289. The lowest BCUT2D eigenvalue weighted by atomic mass is 10.3. The second-order valence-corrected chi connectivity index (χ2v) is 2.31. The van der Waals surface area contributed by atoms with Gasteiger partial charge in [-0.15, -0.1) is 0 Å². The van der Waals surface area contributed by atoms with E-state index in [1.54, 1.807) is 6.07 Å². The number of H-pyrrole nitrogens is 1. The number of nitrogen functional groups attached to an aromatic ring is 1. The molecule has 52 valence electrons. The predicted octanol–water partition coefficient (Wildman–Crippen LogP) is -0.160. The Balaban J connectivity index is 2.59. The van der Waals surface area contributed by atoms with Crippen LogP contribution in [0.25, 0.3) is 0 Å². The molecular formula is C6H7N3O. The summed E-state index contributed by atoms with van der Waals surface area (Å²) in [6.07, 6.45) is 0. The van der Waals surface area contributed by atoms with Crippen LogP contribution in [0.2, 0.25) is 0 Å². The van der Waals surface area contributed by atoms with Crippen LogP contribution in [0, 0.1) is 0 Å². The standard InChI is InChI=1S/C6H7N3O/c7-4-1-3-2-8-6(10)5(3)9-4/h1,9H,2,7H2,(H,8,10). The Morgan fingerprint density at radius 2 is 2.40 bits per heavy atom. The molecule has 0 aromatic carbocycles. The molecule has 4 nitrogen and oxygen atoms in total. The van der Waals surface area contributed by atoms with Gasteiger partial charge in [-0.05, 0) is 6.07 Å². The summed E-state index contributed by atoms with van der Waals surface area (Å²) >= 11 is 0. The second-order valence-electron chi connectivity index (χ2n) is 2.31. The lowest BCUT2D eigenvalue weighted by Crippen LogP contribution is -2.13. The molecule has 1 aliphatic heterocycles. The highest BCUT2D eigenvalue weighted by Gasteiger charge is 2.20. The van der Waals surface area contributed by atoms with E-state index in [0.717, 1.165) is 5.56 Å². The van der Waals surface area contributed by atoms with Crippen molar-refractivity contribution in [3.05, 3.63) is 17.3 Å². The van der Waals surface area contributed by atoms with Gasteiger partial charge in [-0.3, -0.25) is 4.79 Å². The maximum Gasteiger partial charge on any atom is 0.268 e. The number of carbonyl (C=O) groups excluding carboxylic acids is 1. The highest BCUT2D eigenvalue weighted by atomic mass is 16.2. The quantitative estimate of drug-likeness (QED) is 0.465. The maximum absolute atomic E-state index is 10.9. The van der Waals surface area contributed by atoms with Crippen LogP contribution in [0.5, 0.6) is 0 Å². The zero-order valence-corrected chi connectivity index (χ0v) is 5.27. The molecule has 4 heteroatoms. The van der Waals surface area contributed by atoms with E-state index in [9.17, 15) is 4.79 Å². The minimum absolute atomic E-state index is 0.0632. The van der Waals surface area contributed by atoms with Gasteiger partial charge in [0.2, 0.25) is 0 Å². The summed E-state index contributed by atoms with van der Waals surface area (Å²) in [5.74, 6) is 0.492. The number of carbonyl (C=O) groups is 1. The van der Waals surface area contributed by atoms with Crippen molar-refractivity contribution in [1.29, 1.82) is 0 Å². The summed E-state index contributed by atoms with van der Waals surface area (Å²) in [4.78, 5) is 13.7. The van der Waals surface area contributed by atoms with Gasteiger partial charge >= 0.3 is 0 Å². The van der Waals surface area contributed by atoms with Gasteiger partial charge in [-0.25, -0.2) is 0 Å². The first-order valence-corrected chi connectivity index (χ1v) is 3.03. The van der Waals surface area contributed by atoms with Crippen LogP contribution in [-0.4, -0.2) is 10.9 Å². The average molecular weight is 137 g/mol. The van der Waals surface area contributed by atoms with Crippen molar-refractivity contribution in [1.82, 2.24) is 10.3 Å². The molecule has 2 rings (SSSR count). The minimum atomic E-state index is -0.0632. The Morgan fingerprint density at radius 3 is 3.10 bits per heavy atom. The fraction of sp³-hybridized carbons (Fsp3) is 0.167. The third-order valence-corrected chi connectivity index (χ3v) is 1.59. The summed E-state index contributed by atoms with van der Waals surface area (Å²) in [5, 5.41) is 2.67. The van der Waals surface area contributed by atoms with E-state index in [1.807, 2.05) is 0 Å². The molecule has 1 aliphatic rings. The second kappa shape index (κ2) is 1.53. The maximum atomic E-state index is 10.9. The number of hydrogen-bond donors (Lipinski definition) is 3. The monoisotopic (exact) mass is 137 g/mol. The highest BCUT2D eigenvalue weighted by Crippen LogP contribution is 2.16. The number of nitrogens with two attached hydrogens (primary N) is 1. The van der Waals surface area contributed by atoms with Gasteiger partial charge in [-0.2, -0.15) is 0 Å². The average Bonchev–Trinajstić information content (AvgIpc) is 2.35. The normalized spacial score (nSPS) is 15.0. The molecule has 4 N–H and O–H groups in total. The lowest BCUT2D eigenvalue weighted by Gasteiger charge is -1.88. The van der Waals surface area contributed by atoms with E-state index in [4.69, 9.17) is 5.73 Å². The largest absolute Gasteiger partial charge is 0.385 e. The van der Waals surface area contributed by atoms with Crippen LogP contribution in [0.4, 0.5) is 5.82 Å². The van der Waals surface area contributed by atoms with E-state index in [0.29, 0.717) is 18.1 Å². The first-order valence-electron chi connectivity index (χ1n) is 3.03. The van der Waals surface area contributed by atoms with Gasteiger partial charge in [0.05, 0.1) is 0 Å². The van der Waals surface area contributed by atoms with E-state index in [-0.39, 0.29) is 5.91 Å². The first kappa shape index (κ1) is 5.34.